The van der Waals surface area contributed by atoms with Gasteiger partial charge in [0.2, 0.25) is 5.95 Å². The van der Waals surface area contributed by atoms with E-state index in [0.29, 0.717) is 5.95 Å². The number of rotatable bonds is 7. The molecule has 0 bridgehead atoms. The summed E-state index contributed by atoms with van der Waals surface area (Å²) in [6.07, 6.45) is 1.87. The second-order valence-electron chi connectivity index (χ2n) is 6.37. The fourth-order valence-electron chi connectivity index (χ4n) is 2.59. The molecule has 0 aliphatic heterocycles. The zero-order valence-corrected chi connectivity index (χ0v) is 15.4. The standard InChI is InChI=1S/C21H24N4O/c1-16(2)26-19-12-8-7-11-18(19)23-20-13-14-22-21(24-20)25(3)15-17-9-5-4-6-10-17/h4-14,16H,15H2,1-3H3,(H,22,23,24). The van der Waals surface area contributed by atoms with E-state index in [0.717, 1.165) is 23.8 Å². The van der Waals surface area contributed by atoms with E-state index in [1.165, 1.54) is 5.56 Å². The fourth-order valence-corrected chi connectivity index (χ4v) is 2.59. The monoisotopic (exact) mass is 348 g/mol. The van der Waals surface area contributed by atoms with E-state index in [4.69, 9.17) is 4.74 Å². The molecule has 5 heteroatoms. The number of para-hydroxylation sites is 2. The average molecular weight is 348 g/mol. The quantitative estimate of drug-likeness (QED) is 0.674. The highest BCUT2D eigenvalue weighted by molar-refractivity contribution is 5.64. The molecule has 1 N–H and O–H groups in total. The minimum absolute atomic E-state index is 0.107. The SMILES string of the molecule is CC(C)Oc1ccccc1Nc1ccnc(N(C)Cc2ccccc2)n1. The normalized spacial score (nSPS) is 10.6. The van der Waals surface area contributed by atoms with Crippen molar-refractivity contribution in [1.29, 1.82) is 0 Å². The van der Waals surface area contributed by atoms with Gasteiger partial charge in [0, 0.05) is 19.8 Å². The third-order valence-corrected chi connectivity index (χ3v) is 3.76. The largest absolute Gasteiger partial charge is 0.489 e. The molecule has 5 nitrogen and oxygen atoms in total. The van der Waals surface area contributed by atoms with Crippen molar-refractivity contribution >= 4 is 17.5 Å². The van der Waals surface area contributed by atoms with Crippen LogP contribution >= 0.6 is 0 Å². The summed E-state index contributed by atoms with van der Waals surface area (Å²) in [4.78, 5) is 11.0. The number of nitrogens with zero attached hydrogens (tertiary/aromatic N) is 3. The number of ether oxygens (including phenoxy) is 1. The molecule has 0 fully saturated rings. The summed E-state index contributed by atoms with van der Waals surface area (Å²) in [5.41, 5.74) is 2.10. The Morgan fingerprint density at radius 1 is 1.00 bits per heavy atom. The van der Waals surface area contributed by atoms with Gasteiger partial charge in [0.1, 0.15) is 11.6 Å². The van der Waals surface area contributed by atoms with Crippen LogP contribution in [0.2, 0.25) is 0 Å². The maximum Gasteiger partial charge on any atom is 0.227 e. The maximum atomic E-state index is 5.86. The molecule has 26 heavy (non-hydrogen) atoms. The first kappa shape index (κ1) is 17.7. The smallest absolute Gasteiger partial charge is 0.227 e. The summed E-state index contributed by atoms with van der Waals surface area (Å²) in [7, 11) is 1.99. The van der Waals surface area contributed by atoms with Crippen molar-refractivity contribution in [3.63, 3.8) is 0 Å². The van der Waals surface area contributed by atoms with Crippen molar-refractivity contribution in [2.24, 2.45) is 0 Å². The van der Waals surface area contributed by atoms with Crippen LogP contribution in [0.25, 0.3) is 0 Å². The Morgan fingerprint density at radius 2 is 1.73 bits per heavy atom. The van der Waals surface area contributed by atoms with E-state index in [1.54, 1.807) is 6.20 Å². The van der Waals surface area contributed by atoms with Gasteiger partial charge in [-0.1, -0.05) is 42.5 Å². The molecule has 134 valence electrons. The molecule has 0 spiro atoms. The molecular formula is C21H24N4O. The van der Waals surface area contributed by atoms with Crippen LogP contribution in [0.4, 0.5) is 17.5 Å². The zero-order valence-electron chi connectivity index (χ0n) is 15.4. The van der Waals surface area contributed by atoms with E-state index < -0.39 is 0 Å². The molecule has 0 aliphatic rings. The van der Waals surface area contributed by atoms with Gasteiger partial charge < -0.3 is 15.0 Å². The molecule has 0 unspecified atom stereocenters. The third kappa shape index (κ3) is 4.72. The Morgan fingerprint density at radius 3 is 2.50 bits per heavy atom. The predicted molar refractivity (Wildman–Crippen MR) is 106 cm³/mol. The highest BCUT2D eigenvalue weighted by atomic mass is 16.5. The van der Waals surface area contributed by atoms with Gasteiger partial charge in [0.25, 0.3) is 0 Å². The molecule has 0 radical (unpaired) electrons. The minimum Gasteiger partial charge on any atom is -0.489 e. The lowest BCUT2D eigenvalue weighted by atomic mass is 10.2. The first-order valence-electron chi connectivity index (χ1n) is 8.72. The highest BCUT2D eigenvalue weighted by Gasteiger charge is 2.09. The summed E-state index contributed by atoms with van der Waals surface area (Å²) in [6.45, 7) is 4.77. The Kier molecular flexibility index (Phi) is 5.69. The number of anilines is 3. The van der Waals surface area contributed by atoms with Crippen molar-refractivity contribution < 1.29 is 4.74 Å². The van der Waals surface area contributed by atoms with E-state index in [-0.39, 0.29) is 6.10 Å². The number of benzene rings is 2. The van der Waals surface area contributed by atoms with Gasteiger partial charge in [0.15, 0.2) is 0 Å². The molecule has 1 heterocycles. The first-order chi connectivity index (χ1) is 12.6. The second kappa shape index (κ2) is 8.34. The summed E-state index contributed by atoms with van der Waals surface area (Å²) >= 11 is 0. The number of aromatic nitrogens is 2. The summed E-state index contributed by atoms with van der Waals surface area (Å²) in [5.74, 6) is 2.20. The van der Waals surface area contributed by atoms with Gasteiger partial charge in [-0.05, 0) is 37.6 Å². The van der Waals surface area contributed by atoms with Crippen LogP contribution in [-0.4, -0.2) is 23.1 Å². The van der Waals surface area contributed by atoms with Crippen molar-refractivity contribution in [3.8, 4) is 5.75 Å². The Balaban J connectivity index is 1.76. The van der Waals surface area contributed by atoms with Gasteiger partial charge >= 0.3 is 0 Å². The van der Waals surface area contributed by atoms with Gasteiger partial charge in [-0.3, -0.25) is 0 Å². The van der Waals surface area contributed by atoms with Crippen LogP contribution in [0, 0.1) is 0 Å². The van der Waals surface area contributed by atoms with Crippen molar-refractivity contribution in [1.82, 2.24) is 9.97 Å². The lowest BCUT2D eigenvalue weighted by Crippen LogP contribution is -2.19. The van der Waals surface area contributed by atoms with Crippen LogP contribution in [0.1, 0.15) is 19.4 Å². The summed E-state index contributed by atoms with van der Waals surface area (Å²) in [6, 6.07) is 20.0. The lowest BCUT2D eigenvalue weighted by Gasteiger charge is -2.18. The van der Waals surface area contributed by atoms with E-state index in [1.807, 2.05) is 74.3 Å². The molecule has 0 saturated carbocycles. The Hall–Kier alpha value is -3.08. The summed E-state index contributed by atoms with van der Waals surface area (Å²) < 4.78 is 5.86. The molecule has 2 aromatic carbocycles. The number of nitrogens with one attached hydrogen (secondary N) is 1. The zero-order chi connectivity index (χ0) is 18.4. The van der Waals surface area contributed by atoms with Crippen LogP contribution in [0.15, 0.2) is 66.9 Å². The third-order valence-electron chi connectivity index (χ3n) is 3.76. The Labute approximate surface area is 154 Å². The van der Waals surface area contributed by atoms with Gasteiger partial charge in [0.05, 0.1) is 11.8 Å². The summed E-state index contributed by atoms with van der Waals surface area (Å²) in [5, 5.41) is 3.33. The van der Waals surface area contributed by atoms with Gasteiger partial charge in [-0.15, -0.1) is 0 Å². The highest BCUT2D eigenvalue weighted by Crippen LogP contribution is 2.28. The van der Waals surface area contributed by atoms with Crippen molar-refractivity contribution in [2.75, 3.05) is 17.3 Å². The van der Waals surface area contributed by atoms with Crippen LogP contribution in [-0.2, 0) is 6.54 Å². The maximum absolute atomic E-state index is 5.86. The lowest BCUT2D eigenvalue weighted by molar-refractivity contribution is 0.244. The van der Waals surface area contributed by atoms with E-state index >= 15 is 0 Å². The molecule has 0 atom stereocenters. The van der Waals surface area contributed by atoms with Crippen molar-refractivity contribution in [3.05, 3.63) is 72.4 Å². The second-order valence-corrected chi connectivity index (χ2v) is 6.37. The molecule has 0 amide bonds. The van der Waals surface area contributed by atoms with Gasteiger partial charge in [-0.25, -0.2) is 4.98 Å². The number of hydrogen-bond donors (Lipinski definition) is 1. The molecule has 3 aromatic rings. The van der Waals surface area contributed by atoms with Gasteiger partial charge in [-0.2, -0.15) is 4.98 Å². The van der Waals surface area contributed by atoms with Crippen LogP contribution < -0.4 is 15.0 Å². The topological polar surface area (TPSA) is 50.3 Å². The molecule has 3 rings (SSSR count). The van der Waals surface area contributed by atoms with Crippen LogP contribution in [0.3, 0.4) is 0 Å². The average Bonchev–Trinajstić information content (AvgIpc) is 2.64. The predicted octanol–water partition coefficient (Wildman–Crippen LogP) is 4.64. The van der Waals surface area contributed by atoms with E-state index in [2.05, 4.69) is 27.4 Å². The fraction of sp³-hybridized carbons (Fsp3) is 0.238. The molecule has 1 aromatic heterocycles. The first-order valence-corrected chi connectivity index (χ1v) is 8.72. The van der Waals surface area contributed by atoms with Crippen molar-refractivity contribution in [2.45, 2.75) is 26.5 Å². The molecule has 0 aliphatic carbocycles. The Bertz CT molecular complexity index is 836. The van der Waals surface area contributed by atoms with E-state index in [9.17, 15) is 0 Å². The minimum atomic E-state index is 0.107. The van der Waals surface area contributed by atoms with Crippen LogP contribution in [0.5, 0.6) is 5.75 Å². The molecule has 0 saturated heterocycles. The number of hydrogen-bond acceptors (Lipinski definition) is 5. The molecular weight excluding hydrogens is 324 g/mol.